The number of ether oxygens (including phenoxy) is 1. The van der Waals surface area contributed by atoms with Gasteiger partial charge in [-0.25, -0.2) is 0 Å². The van der Waals surface area contributed by atoms with Gasteiger partial charge in [-0.05, 0) is 31.2 Å². The summed E-state index contributed by atoms with van der Waals surface area (Å²) in [4.78, 5) is 15.6. The fraction of sp³-hybridized carbons (Fsp3) is 0.368. The van der Waals surface area contributed by atoms with Crippen LogP contribution in [0, 0.1) is 0 Å². The van der Waals surface area contributed by atoms with Crippen molar-refractivity contribution in [2.75, 3.05) is 31.6 Å². The van der Waals surface area contributed by atoms with Crippen LogP contribution < -0.4 is 20.7 Å². The molecular weight excluding hydrogens is 330 g/mol. The number of amides is 1. The molecule has 1 aromatic heterocycles. The number of benzene rings is 1. The molecule has 0 aliphatic rings. The lowest BCUT2D eigenvalue weighted by Crippen LogP contribution is -2.39. The second-order valence-electron chi connectivity index (χ2n) is 5.67. The summed E-state index contributed by atoms with van der Waals surface area (Å²) < 4.78 is 7.81. The van der Waals surface area contributed by atoms with E-state index >= 15 is 0 Å². The van der Waals surface area contributed by atoms with Crippen LogP contribution >= 0.6 is 0 Å². The summed E-state index contributed by atoms with van der Waals surface area (Å²) in [7, 11) is 0. The van der Waals surface area contributed by atoms with Crippen LogP contribution in [0.2, 0.25) is 0 Å². The third-order valence-corrected chi connectivity index (χ3v) is 3.46. The van der Waals surface area contributed by atoms with Crippen LogP contribution in [0.5, 0.6) is 5.75 Å². The molecule has 26 heavy (non-hydrogen) atoms. The molecule has 0 spiro atoms. The number of carbonyl (C=O) groups is 1. The van der Waals surface area contributed by atoms with E-state index in [1.807, 2.05) is 49.6 Å². The maximum Gasteiger partial charge on any atom is 0.221 e. The Morgan fingerprint density at radius 2 is 2.00 bits per heavy atom. The predicted octanol–water partition coefficient (Wildman–Crippen LogP) is 2.08. The maximum atomic E-state index is 11.1. The normalized spacial score (nSPS) is 11.1. The monoisotopic (exact) mass is 357 g/mol. The summed E-state index contributed by atoms with van der Waals surface area (Å²) in [6, 6.07) is 11.4. The molecule has 3 N–H and O–H groups in total. The van der Waals surface area contributed by atoms with Crippen molar-refractivity contribution >= 4 is 17.6 Å². The molecule has 0 aliphatic heterocycles. The molecule has 7 heteroatoms. The third-order valence-electron chi connectivity index (χ3n) is 3.46. The van der Waals surface area contributed by atoms with Crippen LogP contribution in [0.3, 0.4) is 0 Å². The van der Waals surface area contributed by atoms with Gasteiger partial charge in [-0.15, -0.1) is 0 Å². The Hall–Kier alpha value is -2.96. The summed E-state index contributed by atoms with van der Waals surface area (Å²) >= 11 is 0. The van der Waals surface area contributed by atoms with Crippen LogP contribution in [0.4, 0.5) is 5.69 Å². The zero-order chi connectivity index (χ0) is 18.6. The highest BCUT2D eigenvalue weighted by Crippen LogP contribution is 2.16. The molecule has 0 bridgehead atoms. The lowest BCUT2D eigenvalue weighted by atomic mass is 10.3. The molecule has 0 atom stereocenters. The number of anilines is 1. The Morgan fingerprint density at radius 3 is 2.73 bits per heavy atom. The average Bonchev–Trinajstić information content (AvgIpc) is 3.12. The lowest BCUT2D eigenvalue weighted by molar-refractivity contribution is -0.114. The minimum absolute atomic E-state index is 0.102. The van der Waals surface area contributed by atoms with Gasteiger partial charge in [0.05, 0.1) is 13.1 Å². The Kier molecular flexibility index (Phi) is 8.05. The van der Waals surface area contributed by atoms with Crippen LogP contribution in [0.25, 0.3) is 0 Å². The zero-order valence-electron chi connectivity index (χ0n) is 15.4. The summed E-state index contributed by atoms with van der Waals surface area (Å²) in [5.74, 6) is 1.39. The minimum Gasteiger partial charge on any atom is -0.492 e. The lowest BCUT2D eigenvalue weighted by Gasteiger charge is -2.12. The van der Waals surface area contributed by atoms with E-state index in [2.05, 4.69) is 25.5 Å². The van der Waals surface area contributed by atoms with Gasteiger partial charge in [0, 0.05) is 44.2 Å². The van der Waals surface area contributed by atoms with Crippen LogP contribution in [0.15, 0.2) is 53.8 Å². The largest absolute Gasteiger partial charge is 0.492 e. The predicted molar refractivity (Wildman–Crippen MR) is 105 cm³/mol. The van der Waals surface area contributed by atoms with Crippen molar-refractivity contribution in [3.05, 3.63) is 48.8 Å². The van der Waals surface area contributed by atoms with Crippen molar-refractivity contribution in [1.82, 2.24) is 15.2 Å². The van der Waals surface area contributed by atoms with Crippen molar-refractivity contribution in [2.24, 2.45) is 4.99 Å². The van der Waals surface area contributed by atoms with E-state index in [0.29, 0.717) is 25.4 Å². The van der Waals surface area contributed by atoms with Crippen molar-refractivity contribution in [3.63, 3.8) is 0 Å². The Morgan fingerprint density at radius 1 is 1.19 bits per heavy atom. The summed E-state index contributed by atoms with van der Waals surface area (Å²) in [6.45, 7) is 6.97. The van der Waals surface area contributed by atoms with E-state index in [-0.39, 0.29) is 5.91 Å². The topological polar surface area (TPSA) is 79.7 Å². The SMILES string of the molecule is CCNC(=NCCn1cccc1)NCCOc1cccc(NC(C)=O)c1. The minimum atomic E-state index is -0.102. The molecule has 0 unspecified atom stereocenters. The highest BCUT2D eigenvalue weighted by Gasteiger charge is 2.00. The number of nitrogens with zero attached hydrogens (tertiary/aromatic N) is 2. The van der Waals surface area contributed by atoms with Crippen molar-refractivity contribution in [2.45, 2.75) is 20.4 Å². The van der Waals surface area contributed by atoms with Gasteiger partial charge in [0.25, 0.3) is 0 Å². The molecule has 1 amide bonds. The van der Waals surface area contributed by atoms with E-state index in [9.17, 15) is 4.79 Å². The van der Waals surface area contributed by atoms with Crippen molar-refractivity contribution in [3.8, 4) is 5.75 Å². The average molecular weight is 357 g/mol. The number of carbonyl (C=O) groups excluding carboxylic acids is 1. The molecule has 0 radical (unpaired) electrons. The molecule has 0 saturated heterocycles. The molecule has 140 valence electrons. The number of nitrogens with one attached hydrogen (secondary N) is 3. The van der Waals surface area contributed by atoms with Gasteiger partial charge >= 0.3 is 0 Å². The van der Waals surface area contributed by atoms with Crippen LogP contribution in [0.1, 0.15) is 13.8 Å². The first-order chi connectivity index (χ1) is 12.7. The Bertz CT molecular complexity index is 698. The number of aromatic nitrogens is 1. The molecule has 0 saturated carbocycles. The zero-order valence-corrected chi connectivity index (χ0v) is 15.4. The van der Waals surface area contributed by atoms with Gasteiger partial charge in [-0.2, -0.15) is 0 Å². The quantitative estimate of drug-likeness (QED) is 0.365. The third kappa shape index (κ3) is 7.29. The van der Waals surface area contributed by atoms with Crippen LogP contribution in [-0.4, -0.2) is 42.7 Å². The van der Waals surface area contributed by atoms with E-state index in [4.69, 9.17) is 4.74 Å². The first-order valence-corrected chi connectivity index (χ1v) is 8.80. The van der Waals surface area contributed by atoms with Crippen molar-refractivity contribution in [1.29, 1.82) is 0 Å². The highest BCUT2D eigenvalue weighted by atomic mass is 16.5. The molecule has 1 heterocycles. The molecule has 0 fully saturated rings. The van der Waals surface area contributed by atoms with Gasteiger partial charge in [0.15, 0.2) is 5.96 Å². The van der Waals surface area contributed by atoms with Gasteiger partial charge in [-0.1, -0.05) is 6.07 Å². The van der Waals surface area contributed by atoms with E-state index in [1.165, 1.54) is 6.92 Å². The molecule has 0 aliphatic carbocycles. The maximum absolute atomic E-state index is 11.1. The van der Waals surface area contributed by atoms with Crippen LogP contribution in [-0.2, 0) is 11.3 Å². The Labute approximate surface area is 154 Å². The molecule has 2 rings (SSSR count). The van der Waals surface area contributed by atoms with Gasteiger partial charge < -0.3 is 25.3 Å². The summed E-state index contributed by atoms with van der Waals surface area (Å²) in [6.07, 6.45) is 4.05. The van der Waals surface area contributed by atoms with Gasteiger partial charge in [0.1, 0.15) is 12.4 Å². The number of hydrogen-bond donors (Lipinski definition) is 3. The first kappa shape index (κ1) is 19.4. The van der Waals surface area contributed by atoms with E-state index in [0.717, 1.165) is 24.7 Å². The highest BCUT2D eigenvalue weighted by molar-refractivity contribution is 5.88. The molecule has 2 aromatic rings. The number of guanidine groups is 1. The smallest absolute Gasteiger partial charge is 0.221 e. The van der Waals surface area contributed by atoms with Crippen molar-refractivity contribution < 1.29 is 9.53 Å². The molecule has 1 aromatic carbocycles. The molecule has 7 nitrogen and oxygen atoms in total. The van der Waals surface area contributed by atoms with E-state index < -0.39 is 0 Å². The van der Waals surface area contributed by atoms with Gasteiger partial charge in [-0.3, -0.25) is 9.79 Å². The number of hydrogen-bond acceptors (Lipinski definition) is 3. The standard InChI is InChI=1S/C19H27N5O2/c1-3-20-19(21-9-13-24-11-4-5-12-24)22-10-14-26-18-8-6-7-17(15-18)23-16(2)25/h4-8,11-12,15H,3,9-10,13-14H2,1-2H3,(H,23,25)(H2,20,21,22). The second kappa shape index (κ2) is 10.8. The fourth-order valence-electron chi connectivity index (χ4n) is 2.34. The Balaban J connectivity index is 1.74. The summed E-state index contributed by atoms with van der Waals surface area (Å²) in [5.41, 5.74) is 0.725. The summed E-state index contributed by atoms with van der Waals surface area (Å²) in [5, 5.41) is 9.21. The molecular formula is C19H27N5O2. The first-order valence-electron chi connectivity index (χ1n) is 8.80. The van der Waals surface area contributed by atoms with E-state index in [1.54, 1.807) is 6.07 Å². The van der Waals surface area contributed by atoms with Gasteiger partial charge in [0.2, 0.25) is 5.91 Å². The second-order valence-corrected chi connectivity index (χ2v) is 5.67. The fourth-order valence-corrected chi connectivity index (χ4v) is 2.34. The number of aliphatic imine (C=N–C) groups is 1. The number of rotatable bonds is 9.